The first-order valence-electron chi connectivity index (χ1n) is 6.63. The van der Waals surface area contributed by atoms with E-state index < -0.39 is 0 Å². The lowest BCUT2D eigenvalue weighted by Gasteiger charge is -2.19. The molecule has 0 amide bonds. The lowest BCUT2D eigenvalue weighted by molar-refractivity contribution is 0.498. The molecule has 0 heterocycles. The summed E-state index contributed by atoms with van der Waals surface area (Å²) in [6.45, 7) is 2.59. The predicted octanol–water partition coefficient (Wildman–Crippen LogP) is 5.27. The maximum absolute atomic E-state index is 14.1. The Morgan fingerprint density at radius 1 is 1.14 bits per heavy atom. The Kier molecular flexibility index (Phi) is 5.73. The Labute approximate surface area is 136 Å². The van der Waals surface area contributed by atoms with Crippen molar-refractivity contribution >= 4 is 27.5 Å². The van der Waals surface area contributed by atoms with Crippen LogP contribution in [0.1, 0.15) is 24.1 Å². The maximum Gasteiger partial charge on any atom is 0.129 e. The van der Waals surface area contributed by atoms with Crippen LogP contribution in [-0.2, 0) is 6.42 Å². The van der Waals surface area contributed by atoms with E-state index in [1.165, 1.54) is 12.1 Å². The van der Waals surface area contributed by atoms with E-state index in [4.69, 9.17) is 11.6 Å². The van der Waals surface area contributed by atoms with Crippen molar-refractivity contribution in [1.29, 1.82) is 0 Å². The topological polar surface area (TPSA) is 12.0 Å². The molecule has 112 valence electrons. The fourth-order valence-electron chi connectivity index (χ4n) is 2.23. The van der Waals surface area contributed by atoms with E-state index in [1.54, 1.807) is 24.3 Å². The van der Waals surface area contributed by atoms with Crippen molar-refractivity contribution < 1.29 is 8.78 Å². The van der Waals surface area contributed by atoms with Gasteiger partial charge in [-0.1, -0.05) is 46.6 Å². The zero-order chi connectivity index (χ0) is 15.4. The Morgan fingerprint density at radius 2 is 1.90 bits per heavy atom. The fraction of sp³-hybridized carbons (Fsp3) is 0.250. The summed E-state index contributed by atoms with van der Waals surface area (Å²) in [5, 5.41) is 3.55. The Hall–Kier alpha value is -0.970. The van der Waals surface area contributed by atoms with Crippen molar-refractivity contribution in [3.63, 3.8) is 0 Å². The molecule has 21 heavy (non-hydrogen) atoms. The summed E-state index contributed by atoms with van der Waals surface area (Å²) in [5.41, 5.74) is 1.03. The van der Waals surface area contributed by atoms with Gasteiger partial charge in [0.15, 0.2) is 0 Å². The molecule has 0 saturated heterocycles. The van der Waals surface area contributed by atoms with Crippen LogP contribution in [0, 0.1) is 11.6 Å². The average molecular weight is 375 g/mol. The van der Waals surface area contributed by atoms with Crippen molar-refractivity contribution in [3.05, 3.63) is 68.7 Å². The number of nitrogens with one attached hydrogen (secondary N) is 1. The largest absolute Gasteiger partial charge is 0.310 e. The molecular weight excluding hydrogens is 360 g/mol. The molecule has 0 aliphatic heterocycles. The van der Waals surface area contributed by atoms with E-state index in [0.29, 0.717) is 33.6 Å². The van der Waals surface area contributed by atoms with Crippen LogP contribution in [0.5, 0.6) is 0 Å². The molecule has 1 unspecified atom stereocenters. The summed E-state index contributed by atoms with van der Waals surface area (Å²) in [6, 6.07) is 9.16. The third-order valence-electron chi connectivity index (χ3n) is 3.23. The molecule has 0 radical (unpaired) electrons. The van der Waals surface area contributed by atoms with Crippen molar-refractivity contribution in [1.82, 2.24) is 5.32 Å². The minimum absolute atomic E-state index is 0.293. The van der Waals surface area contributed by atoms with Crippen LogP contribution in [0.4, 0.5) is 8.78 Å². The molecule has 5 heteroatoms. The van der Waals surface area contributed by atoms with Gasteiger partial charge in [0.1, 0.15) is 11.6 Å². The number of hydrogen-bond donors (Lipinski definition) is 1. The van der Waals surface area contributed by atoms with E-state index in [2.05, 4.69) is 21.2 Å². The molecule has 2 rings (SSSR count). The zero-order valence-corrected chi connectivity index (χ0v) is 13.8. The molecule has 1 atom stereocenters. The molecule has 2 aromatic carbocycles. The highest BCUT2D eigenvalue weighted by atomic mass is 79.9. The van der Waals surface area contributed by atoms with Crippen LogP contribution >= 0.6 is 27.5 Å². The first-order valence-corrected chi connectivity index (χ1v) is 7.80. The summed E-state index contributed by atoms with van der Waals surface area (Å²) in [6.07, 6.45) is 0.357. The van der Waals surface area contributed by atoms with Crippen molar-refractivity contribution in [2.24, 2.45) is 0 Å². The van der Waals surface area contributed by atoms with Crippen LogP contribution in [0.2, 0.25) is 5.02 Å². The molecule has 0 saturated carbocycles. The van der Waals surface area contributed by atoms with Crippen LogP contribution in [0.25, 0.3) is 0 Å². The normalized spacial score (nSPS) is 12.4. The number of likely N-dealkylation sites (N-methyl/N-ethyl adjacent to an activating group) is 1. The van der Waals surface area contributed by atoms with Gasteiger partial charge in [-0.05, 0) is 42.8 Å². The number of halogens is 4. The SMILES string of the molecule is CCNC(Cc1ccc(Cl)cc1F)c1ccc(Br)cc1F. The van der Waals surface area contributed by atoms with Gasteiger partial charge in [-0.15, -0.1) is 0 Å². The van der Waals surface area contributed by atoms with Gasteiger partial charge in [0, 0.05) is 21.1 Å². The molecule has 0 aliphatic carbocycles. The maximum atomic E-state index is 14.1. The lowest BCUT2D eigenvalue weighted by Crippen LogP contribution is -2.24. The van der Waals surface area contributed by atoms with Gasteiger partial charge in [-0.25, -0.2) is 8.78 Å². The second-order valence-electron chi connectivity index (χ2n) is 4.72. The van der Waals surface area contributed by atoms with Crippen molar-refractivity contribution in [2.75, 3.05) is 6.54 Å². The van der Waals surface area contributed by atoms with Gasteiger partial charge in [-0.2, -0.15) is 0 Å². The summed E-state index contributed by atoms with van der Waals surface area (Å²) in [4.78, 5) is 0. The third-order valence-corrected chi connectivity index (χ3v) is 3.96. The van der Waals surface area contributed by atoms with Crippen LogP contribution in [0.15, 0.2) is 40.9 Å². The molecule has 2 aromatic rings. The molecule has 0 bridgehead atoms. The highest BCUT2D eigenvalue weighted by molar-refractivity contribution is 9.10. The fourth-order valence-corrected chi connectivity index (χ4v) is 2.72. The van der Waals surface area contributed by atoms with E-state index in [-0.39, 0.29) is 17.7 Å². The summed E-state index contributed by atoms with van der Waals surface area (Å²) in [5.74, 6) is -0.687. The predicted molar refractivity (Wildman–Crippen MR) is 85.6 cm³/mol. The van der Waals surface area contributed by atoms with Gasteiger partial charge in [0.25, 0.3) is 0 Å². The van der Waals surface area contributed by atoms with E-state index in [0.717, 1.165) is 0 Å². The van der Waals surface area contributed by atoms with Crippen molar-refractivity contribution in [2.45, 2.75) is 19.4 Å². The molecule has 1 nitrogen and oxygen atoms in total. The average Bonchev–Trinajstić information content (AvgIpc) is 2.41. The molecule has 0 aliphatic rings. The van der Waals surface area contributed by atoms with Gasteiger partial charge in [0.2, 0.25) is 0 Å². The molecule has 0 aromatic heterocycles. The summed E-state index contributed by atoms with van der Waals surface area (Å²) < 4.78 is 28.7. The smallest absolute Gasteiger partial charge is 0.129 e. The van der Waals surface area contributed by atoms with Crippen LogP contribution in [0.3, 0.4) is 0 Å². The first kappa shape index (κ1) is 16.4. The number of rotatable bonds is 5. The monoisotopic (exact) mass is 373 g/mol. The van der Waals surface area contributed by atoms with Gasteiger partial charge >= 0.3 is 0 Å². The van der Waals surface area contributed by atoms with Gasteiger partial charge in [0.05, 0.1) is 0 Å². The van der Waals surface area contributed by atoms with E-state index in [1.807, 2.05) is 6.92 Å². The van der Waals surface area contributed by atoms with Crippen LogP contribution in [-0.4, -0.2) is 6.54 Å². The molecule has 0 spiro atoms. The van der Waals surface area contributed by atoms with E-state index in [9.17, 15) is 8.78 Å². The third kappa shape index (κ3) is 4.25. The molecule has 1 N–H and O–H groups in total. The first-order chi connectivity index (χ1) is 10.0. The highest BCUT2D eigenvalue weighted by Gasteiger charge is 2.17. The molecule has 0 fully saturated rings. The summed E-state index contributed by atoms with van der Waals surface area (Å²) >= 11 is 8.99. The lowest BCUT2D eigenvalue weighted by atomic mass is 9.98. The second-order valence-corrected chi connectivity index (χ2v) is 6.07. The quantitative estimate of drug-likeness (QED) is 0.751. The zero-order valence-electron chi connectivity index (χ0n) is 11.5. The standard InChI is InChI=1S/C16H15BrClF2N/c1-2-21-16(13-6-4-11(17)8-15(13)20)7-10-3-5-12(18)9-14(10)19/h3-6,8-9,16,21H,2,7H2,1H3. The van der Waals surface area contributed by atoms with Crippen LogP contribution < -0.4 is 5.32 Å². The minimum atomic E-state index is -0.372. The second kappa shape index (κ2) is 7.34. The van der Waals surface area contributed by atoms with E-state index >= 15 is 0 Å². The number of hydrogen-bond acceptors (Lipinski definition) is 1. The van der Waals surface area contributed by atoms with Crippen molar-refractivity contribution in [3.8, 4) is 0 Å². The Balaban J connectivity index is 2.30. The Bertz CT molecular complexity index is 634. The Morgan fingerprint density at radius 3 is 2.52 bits per heavy atom. The summed E-state index contributed by atoms with van der Waals surface area (Å²) in [7, 11) is 0. The highest BCUT2D eigenvalue weighted by Crippen LogP contribution is 2.26. The molecular formula is C16H15BrClF2N. The minimum Gasteiger partial charge on any atom is -0.310 e. The van der Waals surface area contributed by atoms with Gasteiger partial charge < -0.3 is 5.32 Å². The number of benzene rings is 2. The van der Waals surface area contributed by atoms with Gasteiger partial charge in [-0.3, -0.25) is 0 Å².